The number of aromatic nitrogens is 1. The molecule has 0 atom stereocenters. The monoisotopic (exact) mass is 324 g/mol. The van der Waals surface area contributed by atoms with Gasteiger partial charge in [-0.2, -0.15) is 0 Å². The fourth-order valence-electron chi connectivity index (χ4n) is 1.61. The van der Waals surface area contributed by atoms with Crippen molar-refractivity contribution in [2.24, 2.45) is 0 Å². The van der Waals surface area contributed by atoms with Gasteiger partial charge in [-0.15, -0.1) is 11.3 Å². The average molecular weight is 325 g/mol. The summed E-state index contributed by atoms with van der Waals surface area (Å²) in [7, 11) is 0. The number of halogens is 1. The molecule has 0 saturated carbocycles. The van der Waals surface area contributed by atoms with Gasteiger partial charge in [0.1, 0.15) is 0 Å². The zero-order chi connectivity index (χ0) is 12.8. The molecule has 94 valence electrons. The van der Waals surface area contributed by atoms with Crippen molar-refractivity contribution in [3.8, 4) is 0 Å². The Hall–Kier alpha value is -1.20. The summed E-state index contributed by atoms with van der Waals surface area (Å²) in [4.78, 5) is 16.2. The Labute approximate surface area is 118 Å². The summed E-state index contributed by atoms with van der Waals surface area (Å²) in [5.41, 5.74) is 1.73. The molecule has 0 aliphatic rings. The van der Waals surface area contributed by atoms with Gasteiger partial charge in [-0.1, -0.05) is 34.1 Å². The lowest BCUT2D eigenvalue weighted by atomic mass is 10.1. The molecule has 1 aromatic heterocycles. The zero-order valence-corrected chi connectivity index (χ0v) is 12.1. The Bertz CT molecular complexity index is 513. The van der Waals surface area contributed by atoms with Crippen molar-refractivity contribution in [3.05, 3.63) is 52.0 Å². The van der Waals surface area contributed by atoms with Gasteiger partial charge in [0.15, 0.2) is 0 Å². The van der Waals surface area contributed by atoms with Crippen LogP contribution in [0.5, 0.6) is 0 Å². The van der Waals surface area contributed by atoms with Crippen LogP contribution < -0.4 is 5.32 Å². The normalized spacial score (nSPS) is 10.3. The SMILES string of the molecule is O=C(NCCc1nccs1)c1ccccc1CBr. The number of hydrogen-bond acceptors (Lipinski definition) is 3. The van der Waals surface area contributed by atoms with Crippen molar-refractivity contribution in [2.75, 3.05) is 6.54 Å². The smallest absolute Gasteiger partial charge is 0.251 e. The number of nitrogens with zero attached hydrogens (tertiary/aromatic N) is 1. The quantitative estimate of drug-likeness (QED) is 0.859. The molecule has 2 rings (SSSR count). The van der Waals surface area contributed by atoms with Gasteiger partial charge in [0, 0.05) is 35.4 Å². The van der Waals surface area contributed by atoms with Gasteiger partial charge < -0.3 is 5.32 Å². The Kier molecular flexibility index (Phi) is 4.90. The number of alkyl halides is 1. The van der Waals surface area contributed by atoms with Crippen LogP contribution in [0.15, 0.2) is 35.8 Å². The van der Waals surface area contributed by atoms with Crippen molar-refractivity contribution in [2.45, 2.75) is 11.8 Å². The number of amides is 1. The number of benzene rings is 1. The molecule has 1 heterocycles. The van der Waals surface area contributed by atoms with E-state index < -0.39 is 0 Å². The van der Waals surface area contributed by atoms with E-state index >= 15 is 0 Å². The first-order chi connectivity index (χ1) is 8.81. The van der Waals surface area contributed by atoms with E-state index in [1.807, 2.05) is 29.6 Å². The minimum Gasteiger partial charge on any atom is -0.352 e. The van der Waals surface area contributed by atoms with E-state index in [0.717, 1.165) is 22.6 Å². The van der Waals surface area contributed by atoms with Gasteiger partial charge in [-0.05, 0) is 11.6 Å². The second kappa shape index (κ2) is 6.66. The predicted molar refractivity (Wildman–Crippen MR) is 77.2 cm³/mol. The Morgan fingerprint density at radius 1 is 1.39 bits per heavy atom. The summed E-state index contributed by atoms with van der Waals surface area (Å²) in [6.07, 6.45) is 2.56. The lowest BCUT2D eigenvalue weighted by Gasteiger charge is -2.07. The molecule has 0 radical (unpaired) electrons. The summed E-state index contributed by atoms with van der Waals surface area (Å²) in [5, 5.41) is 6.59. The highest BCUT2D eigenvalue weighted by Crippen LogP contribution is 2.12. The van der Waals surface area contributed by atoms with Crippen molar-refractivity contribution in [1.29, 1.82) is 0 Å². The highest BCUT2D eigenvalue weighted by molar-refractivity contribution is 9.08. The minimum absolute atomic E-state index is 0.0263. The average Bonchev–Trinajstić information content (AvgIpc) is 2.91. The molecule has 1 aromatic carbocycles. The van der Waals surface area contributed by atoms with E-state index in [4.69, 9.17) is 0 Å². The molecule has 3 nitrogen and oxygen atoms in total. The Balaban J connectivity index is 1.91. The number of carbonyl (C=O) groups is 1. The van der Waals surface area contributed by atoms with Crippen LogP contribution in [0.2, 0.25) is 0 Å². The molecule has 18 heavy (non-hydrogen) atoms. The Morgan fingerprint density at radius 2 is 2.22 bits per heavy atom. The van der Waals surface area contributed by atoms with Crippen LogP contribution in [0.4, 0.5) is 0 Å². The molecular weight excluding hydrogens is 312 g/mol. The van der Waals surface area contributed by atoms with E-state index in [2.05, 4.69) is 26.2 Å². The van der Waals surface area contributed by atoms with Crippen LogP contribution in [0.3, 0.4) is 0 Å². The lowest BCUT2D eigenvalue weighted by molar-refractivity contribution is 0.0953. The number of hydrogen-bond donors (Lipinski definition) is 1. The molecule has 5 heteroatoms. The molecular formula is C13H13BrN2OS. The van der Waals surface area contributed by atoms with E-state index in [0.29, 0.717) is 11.9 Å². The van der Waals surface area contributed by atoms with Gasteiger partial charge >= 0.3 is 0 Å². The Morgan fingerprint density at radius 3 is 2.94 bits per heavy atom. The molecule has 0 unspecified atom stereocenters. The van der Waals surface area contributed by atoms with Crippen molar-refractivity contribution >= 4 is 33.2 Å². The van der Waals surface area contributed by atoms with Crippen LogP contribution >= 0.6 is 27.3 Å². The maximum absolute atomic E-state index is 12.0. The van der Waals surface area contributed by atoms with Gasteiger partial charge in [0.05, 0.1) is 5.01 Å². The van der Waals surface area contributed by atoms with Crippen LogP contribution in [0.25, 0.3) is 0 Å². The summed E-state index contributed by atoms with van der Waals surface area (Å²) >= 11 is 5.00. The first-order valence-corrected chi connectivity index (χ1v) is 7.62. The standard InChI is InChI=1S/C13H13BrN2OS/c14-9-10-3-1-2-4-11(10)13(17)16-6-5-12-15-7-8-18-12/h1-4,7-8H,5-6,9H2,(H,16,17). The third-order valence-corrected chi connectivity index (χ3v) is 3.96. The highest BCUT2D eigenvalue weighted by Gasteiger charge is 2.09. The molecule has 0 fully saturated rings. The lowest BCUT2D eigenvalue weighted by Crippen LogP contribution is -2.26. The molecule has 0 aliphatic carbocycles. The fourth-order valence-corrected chi connectivity index (χ4v) is 2.72. The zero-order valence-electron chi connectivity index (χ0n) is 9.73. The molecule has 1 N–H and O–H groups in total. The highest BCUT2D eigenvalue weighted by atomic mass is 79.9. The topological polar surface area (TPSA) is 42.0 Å². The van der Waals surface area contributed by atoms with E-state index in [1.54, 1.807) is 17.5 Å². The second-order valence-electron chi connectivity index (χ2n) is 3.72. The van der Waals surface area contributed by atoms with Crippen molar-refractivity contribution in [3.63, 3.8) is 0 Å². The predicted octanol–water partition coefficient (Wildman–Crippen LogP) is 3.01. The van der Waals surface area contributed by atoms with Crippen LogP contribution in [-0.4, -0.2) is 17.4 Å². The van der Waals surface area contributed by atoms with E-state index in [9.17, 15) is 4.79 Å². The summed E-state index contributed by atoms with van der Waals surface area (Å²) in [6, 6.07) is 7.60. The second-order valence-corrected chi connectivity index (χ2v) is 5.26. The van der Waals surface area contributed by atoms with Crippen LogP contribution in [0, 0.1) is 0 Å². The maximum Gasteiger partial charge on any atom is 0.251 e. The maximum atomic E-state index is 12.0. The fraction of sp³-hybridized carbons (Fsp3) is 0.231. The summed E-state index contributed by atoms with van der Waals surface area (Å²) in [5.74, 6) is -0.0263. The van der Waals surface area contributed by atoms with Crippen LogP contribution in [-0.2, 0) is 11.8 Å². The first-order valence-electron chi connectivity index (χ1n) is 5.61. The summed E-state index contributed by atoms with van der Waals surface area (Å²) in [6.45, 7) is 0.614. The third kappa shape index (κ3) is 3.40. The van der Waals surface area contributed by atoms with Crippen molar-refractivity contribution < 1.29 is 4.79 Å². The number of carbonyl (C=O) groups excluding carboxylic acids is 1. The van der Waals surface area contributed by atoms with Gasteiger partial charge in [-0.3, -0.25) is 4.79 Å². The molecule has 0 bridgehead atoms. The summed E-state index contributed by atoms with van der Waals surface area (Å²) < 4.78 is 0. The molecule has 1 amide bonds. The first kappa shape index (κ1) is 13.2. The third-order valence-electron chi connectivity index (χ3n) is 2.51. The van der Waals surface area contributed by atoms with E-state index in [1.165, 1.54) is 0 Å². The number of nitrogens with one attached hydrogen (secondary N) is 1. The van der Waals surface area contributed by atoms with Gasteiger partial charge in [0.25, 0.3) is 5.91 Å². The number of rotatable bonds is 5. The van der Waals surface area contributed by atoms with Crippen LogP contribution in [0.1, 0.15) is 20.9 Å². The minimum atomic E-state index is -0.0263. The van der Waals surface area contributed by atoms with Crippen molar-refractivity contribution in [1.82, 2.24) is 10.3 Å². The molecule has 0 aliphatic heterocycles. The van der Waals surface area contributed by atoms with Gasteiger partial charge in [0.2, 0.25) is 0 Å². The number of thiazole rings is 1. The molecule has 0 spiro atoms. The largest absolute Gasteiger partial charge is 0.352 e. The molecule has 0 saturated heterocycles. The molecule has 2 aromatic rings. The van der Waals surface area contributed by atoms with E-state index in [-0.39, 0.29) is 5.91 Å². The van der Waals surface area contributed by atoms with Gasteiger partial charge in [-0.25, -0.2) is 4.98 Å².